The van der Waals surface area contributed by atoms with Gasteiger partial charge in [-0.05, 0) is 194 Å². The first-order valence-electron chi connectivity index (χ1n) is 40.5. The molecule has 116 heavy (non-hydrogen) atoms. The molecule has 14 amide bonds. The molecular weight excluding hydrogens is 1490 g/mol. The zero-order valence-electron chi connectivity index (χ0n) is 75.3. The smallest absolute Gasteiger partial charge is 0.268 e. The number of ketones is 1. The zero-order chi connectivity index (χ0) is 90.7. The molecule has 660 valence electrons. The van der Waals surface area contributed by atoms with Crippen molar-refractivity contribution in [2.75, 3.05) is 27.2 Å². The van der Waals surface area contributed by atoms with Crippen LogP contribution in [0.1, 0.15) is 246 Å². The summed E-state index contributed by atoms with van der Waals surface area (Å²) in [5, 5.41) is 70.8. The molecule has 0 saturated heterocycles. The van der Waals surface area contributed by atoms with E-state index in [-0.39, 0.29) is 84.1 Å². The number of Topliss-reactive ketones (excluding diaryl/α,β-unsaturated/α-hetero) is 1. The van der Waals surface area contributed by atoms with Gasteiger partial charge in [0.15, 0.2) is 5.78 Å². The summed E-state index contributed by atoms with van der Waals surface area (Å²) < 4.78 is 0. The first-order valence-corrected chi connectivity index (χ1v) is 40.5. The Hall–Kier alpha value is -8.95. The van der Waals surface area contributed by atoms with Gasteiger partial charge in [0.1, 0.15) is 76.5 Å². The van der Waals surface area contributed by atoms with Crippen LogP contribution >= 0.6 is 0 Å². The molecule has 0 aromatic carbocycles. The maximum absolute atomic E-state index is 14.6. The molecule has 17 N–H and O–H groups in total. The topological polar surface area (TPSA) is 488 Å². The molecule has 0 aliphatic rings. The Bertz CT molecular complexity index is 3630. The van der Waals surface area contributed by atoms with Gasteiger partial charge in [-0.15, -0.1) is 0 Å². The van der Waals surface area contributed by atoms with Crippen molar-refractivity contribution in [3.63, 3.8) is 0 Å². The fourth-order valence-corrected chi connectivity index (χ4v) is 11.9. The fourth-order valence-electron chi connectivity index (χ4n) is 11.9. The Balaban J connectivity index is 6.87. The molecule has 0 bridgehead atoms. The summed E-state index contributed by atoms with van der Waals surface area (Å²) in [6.45, 7) is 47.2. The second kappa shape index (κ2) is 47.4. The number of aliphatic hydroxyl groups is 3. The molecule has 12 atom stereocenters. The lowest BCUT2D eigenvalue weighted by Gasteiger charge is -2.35. The molecule has 33 heteroatoms. The Morgan fingerprint density at radius 2 is 0.767 bits per heavy atom. The molecule has 0 aromatic heterocycles. The third kappa shape index (κ3) is 33.2. The molecule has 0 rings (SSSR count). The molecule has 33 nitrogen and oxygen atoms in total. The Labute approximate surface area is 688 Å². The van der Waals surface area contributed by atoms with Crippen molar-refractivity contribution in [2.24, 2.45) is 46.8 Å². The molecule has 0 radical (unpaired) electrons. The number of carbonyl (C=O) groups excluding carboxylic acids is 15. The van der Waals surface area contributed by atoms with Crippen LogP contribution in [0.5, 0.6) is 0 Å². The monoisotopic (exact) mass is 1640 g/mol. The predicted octanol–water partition coefficient (Wildman–Crippen LogP) is 3.51. The van der Waals surface area contributed by atoms with E-state index in [1.54, 1.807) is 111 Å². The molecular formula is C83H145N15O18. The van der Waals surface area contributed by atoms with Crippen LogP contribution in [-0.2, 0) is 71.9 Å². The minimum absolute atomic E-state index is 0.0137. The zero-order valence-corrected chi connectivity index (χ0v) is 75.3. The lowest BCUT2D eigenvalue weighted by Crippen LogP contribution is -2.66. The highest BCUT2D eigenvalue weighted by Gasteiger charge is 2.47. The Morgan fingerprint density at radius 1 is 0.388 bits per heavy atom. The van der Waals surface area contributed by atoms with E-state index in [2.05, 4.69) is 74.4 Å². The van der Waals surface area contributed by atoms with Gasteiger partial charge in [-0.25, -0.2) is 0 Å². The molecule has 0 aliphatic heterocycles. The number of nitrogens with one attached hydrogen (secondary N) is 14. The van der Waals surface area contributed by atoms with Crippen molar-refractivity contribution in [1.82, 2.24) is 79.3 Å². The molecule has 0 aliphatic carbocycles. The number of nitrogens with zero attached hydrogens (tertiary/aromatic N) is 1. The molecule has 0 saturated carbocycles. The van der Waals surface area contributed by atoms with Crippen LogP contribution in [0, 0.1) is 46.8 Å². The normalized spacial score (nSPS) is 16.0. The minimum atomic E-state index is -2.15. The third-order valence-electron chi connectivity index (χ3n) is 20.5. The SMILES string of the molecule is CC/C(C)=C(\NC(=O)[C@@H](NC(=O)C(C)(C)C(=O)C(C)CC(C)C)[C@](C)(O)CC)C(=O)NCC(=O)N/C(C(=O)N[C@@H](C(=O)N[C@@H](C(=O)N[C@H](C(=O)N[C@@H](C(=O)N/C(C(=O)N[C@H](C)C(=O)N[C@H](C(=O)N[C@@H](C(=O)NC(C(=O)N[C@H](CN(C)C)C(C)C)=C(C)C)C(C)C)C(C)C)=C(/C)CC)C(C)(C)O)C(C)(C)O)[C@@H](C)CC)C(C)C)=C(\C)CC. The number of rotatable bonds is 47. The summed E-state index contributed by atoms with van der Waals surface area (Å²) in [6.07, 6.45) is 1.26. The van der Waals surface area contributed by atoms with Crippen LogP contribution in [-0.4, -0.2) is 207 Å². The van der Waals surface area contributed by atoms with Crippen LogP contribution in [0.25, 0.3) is 0 Å². The van der Waals surface area contributed by atoms with E-state index in [1.807, 2.05) is 46.7 Å². The summed E-state index contributed by atoms with van der Waals surface area (Å²) in [6, 6.07) is -12.6. The van der Waals surface area contributed by atoms with E-state index in [4.69, 9.17) is 0 Å². The maximum atomic E-state index is 14.6. The highest BCUT2D eigenvalue weighted by Crippen LogP contribution is 2.28. The summed E-state index contributed by atoms with van der Waals surface area (Å²) in [7, 11) is 3.75. The van der Waals surface area contributed by atoms with Gasteiger partial charge in [-0.1, -0.05) is 124 Å². The second-order valence-corrected chi connectivity index (χ2v) is 34.7. The van der Waals surface area contributed by atoms with Gasteiger partial charge in [0, 0.05) is 18.5 Å². The lowest BCUT2D eigenvalue weighted by molar-refractivity contribution is -0.147. The van der Waals surface area contributed by atoms with Crippen LogP contribution in [0.3, 0.4) is 0 Å². The average molecular weight is 1640 g/mol. The van der Waals surface area contributed by atoms with E-state index in [1.165, 1.54) is 69.2 Å². The van der Waals surface area contributed by atoms with Crippen molar-refractivity contribution in [1.29, 1.82) is 0 Å². The van der Waals surface area contributed by atoms with Gasteiger partial charge in [0.05, 0.1) is 23.3 Å². The molecule has 0 fully saturated rings. The predicted molar refractivity (Wildman–Crippen MR) is 444 cm³/mol. The fraction of sp³-hybridized carbons (Fsp3) is 0.723. The maximum Gasteiger partial charge on any atom is 0.268 e. The van der Waals surface area contributed by atoms with Crippen molar-refractivity contribution >= 4 is 88.5 Å². The number of hydrogen-bond acceptors (Lipinski definition) is 19. The van der Waals surface area contributed by atoms with Crippen LogP contribution in [0.4, 0.5) is 0 Å². The number of likely N-dealkylation sites (N-methyl/N-ethyl adjacent to an activating group) is 1. The van der Waals surface area contributed by atoms with Gasteiger partial charge in [0.25, 0.3) is 23.6 Å². The second-order valence-electron chi connectivity index (χ2n) is 34.7. The molecule has 1 unspecified atom stereocenters. The van der Waals surface area contributed by atoms with Crippen LogP contribution in [0.15, 0.2) is 45.1 Å². The summed E-state index contributed by atoms with van der Waals surface area (Å²) in [4.78, 5) is 213. The number of allylic oxidation sites excluding steroid dienone is 4. The molecule has 0 heterocycles. The average Bonchev–Trinajstić information content (AvgIpc) is 0.811. The number of amides is 14. The van der Waals surface area contributed by atoms with Gasteiger partial charge < -0.3 is 94.7 Å². The van der Waals surface area contributed by atoms with Gasteiger partial charge in [-0.2, -0.15) is 0 Å². The van der Waals surface area contributed by atoms with Crippen molar-refractivity contribution in [2.45, 2.75) is 317 Å². The quantitative estimate of drug-likeness (QED) is 0.0306. The van der Waals surface area contributed by atoms with Crippen molar-refractivity contribution in [3.8, 4) is 0 Å². The van der Waals surface area contributed by atoms with E-state index < -0.39 is 189 Å². The Kier molecular flexibility index (Phi) is 43.8. The minimum Gasteiger partial charge on any atom is -0.388 e. The standard InChI is InChI=1S/C83H145N15O18/c1-33-47(18)59(93-78(112)65(83(30,116)37-5)97-79(113)80(24,25)66(100)51(22)38-41(6)7)68(102)84-39-54(99)87-60(48(19)34-2)74(108)91-58(46(16)17)72(106)92-62(50(21)36-4)75(109)95-64(82(28,29)115)77(111)96-63(81(26,27)114)76(110)94-61(49(20)35-3)73(107)85-52(23)67(101)88-56(44(12)13)70(104)90-57(45(14)15)71(105)89-55(43(10)11)69(103)86-53(42(8)9)40-98(31)32/h41-42,44-46,50-53,56-58,62-65,114-116H,33-40H2,1-32H3,(H,84,102)(H,85,107)(H,86,103)(H,87,99)(H,88,101)(H,89,105)(H,90,104)(H,91,108)(H,92,106)(H,93,112)(H,94,110)(H,95,109)(H,96,111)(H,97,113)/b59-47-,60-48+,61-49-/t50-,51?,52+,53+,56-,57+,58+,62+,63-,64+,65+,83+/m0/s1. The highest BCUT2D eigenvalue weighted by molar-refractivity contribution is 6.09. The largest absolute Gasteiger partial charge is 0.388 e. The summed E-state index contributed by atoms with van der Waals surface area (Å²) >= 11 is 0. The Morgan fingerprint density at radius 3 is 1.18 bits per heavy atom. The van der Waals surface area contributed by atoms with Crippen LogP contribution < -0.4 is 74.4 Å². The highest BCUT2D eigenvalue weighted by atomic mass is 16.3. The van der Waals surface area contributed by atoms with Crippen molar-refractivity contribution < 1.29 is 87.2 Å². The van der Waals surface area contributed by atoms with E-state index in [0.717, 1.165) is 0 Å². The van der Waals surface area contributed by atoms with E-state index in [9.17, 15) is 87.2 Å². The third-order valence-corrected chi connectivity index (χ3v) is 20.5. The van der Waals surface area contributed by atoms with Gasteiger partial charge in [-0.3, -0.25) is 71.9 Å². The number of hydrogen-bond donors (Lipinski definition) is 17. The first-order chi connectivity index (χ1) is 53.1. The van der Waals surface area contributed by atoms with Crippen LogP contribution in [0.2, 0.25) is 0 Å². The summed E-state index contributed by atoms with van der Waals surface area (Å²) in [5.41, 5.74) is -7.34. The lowest BCUT2D eigenvalue weighted by atomic mass is 9.78. The number of carbonyl (C=O) groups is 15. The summed E-state index contributed by atoms with van der Waals surface area (Å²) in [5.74, 6) is -15.9. The van der Waals surface area contributed by atoms with E-state index in [0.29, 0.717) is 29.7 Å². The van der Waals surface area contributed by atoms with Crippen molar-refractivity contribution in [3.05, 3.63) is 45.1 Å². The first kappa shape index (κ1) is 107. The van der Waals surface area contributed by atoms with Gasteiger partial charge >= 0.3 is 0 Å². The van der Waals surface area contributed by atoms with E-state index >= 15 is 0 Å². The molecule has 0 spiro atoms. The molecule has 0 aromatic rings. The van der Waals surface area contributed by atoms with Gasteiger partial charge in [0.2, 0.25) is 59.1 Å².